The van der Waals surface area contributed by atoms with Gasteiger partial charge >= 0.3 is 0 Å². The zero-order chi connectivity index (χ0) is 21.7. The van der Waals surface area contributed by atoms with Crippen LogP contribution in [-0.4, -0.2) is 101 Å². The van der Waals surface area contributed by atoms with Crippen LogP contribution in [0.25, 0.3) is 0 Å². The molecule has 0 saturated carbocycles. The van der Waals surface area contributed by atoms with E-state index in [0.29, 0.717) is 26.4 Å². The Labute approximate surface area is 183 Å². The van der Waals surface area contributed by atoms with Gasteiger partial charge in [0.1, 0.15) is 0 Å². The van der Waals surface area contributed by atoms with Gasteiger partial charge in [-0.15, -0.1) is 17.2 Å². The SMILES string of the molecule is CCOC(CPCCN(CCOC(C)C)CCPCC(OCC)OCC)OCC. The fraction of sp³-hybridized carbons (Fsp3) is 1.00. The summed E-state index contributed by atoms with van der Waals surface area (Å²) in [5.41, 5.74) is 0. The molecule has 2 atom stereocenters. The minimum absolute atomic E-state index is 0.0448. The van der Waals surface area contributed by atoms with E-state index in [1.807, 2.05) is 27.7 Å². The largest absolute Gasteiger partial charge is 0.377 e. The van der Waals surface area contributed by atoms with E-state index in [1.54, 1.807) is 0 Å². The quantitative estimate of drug-likeness (QED) is 0.140. The van der Waals surface area contributed by atoms with Crippen molar-refractivity contribution >= 4 is 17.2 Å². The molecule has 0 heterocycles. The molecule has 0 radical (unpaired) electrons. The van der Waals surface area contributed by atoms with Crippen LogP contribution >= 0.6 is 17.2 Å². The van der Waals surface area contributed by atoms with Gasteiger partial charge in [-0.2, -0.15) is 0 Å². The second-order valence-corrected chi connectivity index (χ2v) is 9.67. The first kappa shape index (κ1) is 29.6. The summed E-state index contributed by atoms with van der Waals surface area (Å²) in [6.45, 7) is 19.1. The van der Waals surface area contributed by atoms with Crippen LogP contribution < -0.4 is 0 Å². The van der Waals surface area contributed by atoms with E-state index in [4.69, 9.17) is 23.7 Å². The standard InChI is InChI=1S/C21H47NO5P2/c1-7-23-20(24-8-2)17-28-15-12-22(11-14-27-19(5)6)13-16-29-18-21(25-9-3)26-10-4/h19-21,28-29H,7-18H2,1-6H3. The lowest BCUT2D eigenvalue weighted by molar-refractivity contribution is -0.120. The molecule has 0 saturated heterocycles. The molecular formula is C21H47NO5P2. The first-order valence-corrected chi connectivity index (χ1v) is 14.1. The molecule has 0 aromatic rings. The maximum Gasteiger partial charge on any atom is 0.161 e. The summed E-state index contributed by atoms with van der Waals surface area (Å²) >= 11 is 0. The van der Waals surface area contributed by atoms with Crippen molar-refractivity contribution in [2.45, 2.75) is 60.2 Å². The minimum Gasteiger partial charge on any atom is -0.377 e. The summed E-state index contributed by atoms with van der Waals surface area (Å²) in [6, 6.07) is 0. The van der Waals surface area contributed by atoms with E-state index in [2.05, 4.69) is 18.7 Å². The molecule has 0 spiro atoms. The Morgan fingerprint density at radius 2 is 1.03 bits per heavy atom. The molecule has 0 aliphatic rings. The first-order chi connectivity index (χ1) is 14.1. The van der Waals surface area contributed by atoms with Crippen molar-refractivity contribution in [3.63, 3.8) is 0 Å². The zero-order valence-electron chi connectivity index (χ0n) is 19.7. The Bertz CT molecular complexity index is 304. The summed E-state index contributed by atoms with van der Waals surface area (Å²) in [5.74, 6) is 0. The molecule has 0 aromatic heterocycles. The molecular weight excluding hydrogens is 408 g/mol. The molecule has 0 aromatic carbocycles. The highest BCUT2D eigenvalue weighted by Crippen LogP contribution is 2.17. The minimum atomic E-state index is -0.0448. The van der Waals surface area contributed by atoms with Crippen molar-refractivity contribution in [3.8, 4) is 0 Å². The molecule has 0 bridgehead atoms. The summed E-state index contributed by atoms with van der Waals surface area (Å²) in [4.78, 5) is 2.54. The summed E-state index contributed by atoms with van der Waals surface area (Å²) < 4.78 is 28.4. The van der Waals surface area contributed by atoms with Crippen LogP contribution in [-0.2, 0) is 23.7 Å². The van der Waals surface area contributed by atoms with E-state index in [9.17, 15) is 0 Å². The molecule has 0 amide bonds. The monoisotopic (exact) mass is 455 g/mol. The average molecular weight is 456 g/mol. The Balaban J connectivity index is 4.22. The third-order valence-corrected chi connectivity index (χ3v) is 6.50. The molecule has 6 nitrogen and oxygen atoms in total. The van der Waals surface area contributed by atoms with E-state index in [0.717, 1.165) is 55.7 Å². The number of nitrogens with zero attached hydrogens (tertiary/aromatic N) is 1. The molecule has 2 unspecified atom stereocenters. The van der Waals surface area contributed by atoms with Crippen molar-refractivity contribution in [2.75, 3.05) is 77.3 Å². The molecule has 0 rings (SSSR count). The number of rotatable bonds is 22. The summed E-state index contributed by atoms with van der Waals surface area (Å²) in [7, 11) is 1.71. The van der Waals surface area contributed by atoms with E-state index in [1.165, 1.54) is 12.3 Å². The lowest BCUT2D eigenvalue weighted by atomic mass is 10.4. The molecule has 0 aliphatic heterocycles. The molecule has 0 aliphatic carbocycles. The summed E-state index contributed by atoms with van der Waals surface area (Å²) in [6.07, 6.45) is 4.54. The third-order valence-electron chi connectivity index (χ3n) is 4.10. The Morgan fingerprint density at radius 3 is 1.38 bits per heavy atom. The van der Waals surface area contributed by atoms with Crippen molar-refractivity contribution in [1.82, 2.24) is 4.90 Å². The highest BCUT2D eigenvalue weighted by Gasteiger charge is 2.11. The van der Waals surface area contributed by atoms with Crippen LogP contribution in [0.5, 0.6) is 0 Å². The maximum atomic E-state index is 5.77. The van der Waals surface area contributed by atoms with Gasteiger partial charge in [0.2, 0.25) is 0 Å². The van der Waals surface area contributed by atoms with Crippen molar-refractivity contribution in [3.05, 3.63) is 0 Å². The number of ether oxygens (including phenoxy) is 5. The van der Waals surface area contributed by atoms with Crippen LogP contribution in [0.3, 0.4) is 0 Å². The number of hydrogen-bond donors (Lipinski definition) is 0. The van der Waals surface area contributed by atoms with Gasteiger partial charge in [-0.1, -0.05) is 0 Å². The van der Waals surface area contributed by atoms with Gasteiger partial charge in [-0.25, -0.2) is 0 Å². The van der Waals surface area contributed by atoms with E-state index < -0.39 is 0 Å². The molecule has 0 N–H and O–H groups in total. The van der Waals surface area contributed by atoms with Gasteiger partial charge < -0.3 is 28.6 Å². The van der Waals surface area contributed by atoms with Crippen molar-refractivity contribution in [2.24, 2.45) is 0 Å². The van der Waals surface area contributed by atoms with Gasteiger partial charge in [0.25, 0.3) is 0 Å². The lowest BCUT2D eigenvalue weighted by Gasteiger charge is -2.24. The molecule has 8 heteroatoms. The van der Waals surface area contributed by atoms with Gasteiger partial charge in [-0.3, -0.25) is 0 Å². The molecule has 0 fully saturated rings. The second kappa shape index (κ2) is 21.8. The second-order valence-electron chi connectivity index (χ2n) is 6.85. The van der Waals surface area contributed by atoms with Gasteiger partial charge in [0, 0.05) is 58.4 Å². The van der Waals surface area contributed by atoms with Crippen molar-refractivity contribution < 1.29 is 23.7 Å². The number of hydrogen-bond acceptors (Lipinski definition) is 6. The van der Waals surface area contributed by atoms with E-state index >= 15 is 0 Å². The van der Waals surface area contributed by atoms with Crippen molar-refractivity contribution in [1.29, 1.82) is 0 Å². The smallest absolute Gasteiger partial charge is 0.161 e. The summed E-state index contributed by atoms with van der Waals surface area (Å²) in [5, 5.41) is 0. The van der Waals surface area contributed by atoms with E-state index in [-0.39, 0.29) is 18.7 Å². The third kappa shape index (κ3) is 19.1. The normalized spacial score (nSPS) is 13.0. The van der Waals surface area contributed by atoms with Crippen LogP contribution in [0.15, 0.2) is 0 Å². The topological polar surface area (TPSA) is 49.4 Å². The Morgan fingerprint density at radius 1 is 0.621 bits per heavy atom. The predicted molar refractivity (Wildman–Crippen MR) is 128 cm³/mol. The van der Waals surface area contributed by atoms with Crippen LogP contribution in [0, 0.1) is 0 Å². The maximum absolute atomic E-state index is 5.77. The Hall–Kier alpha value is 0.620. The van der Waals surface area contributed by atoms with Crippen LogP contribution in [0.4, 0.5) is 0 Å². The zero-order valence-corrected chi connectivity index (χ0v) is 21.7. The Kier molecular flexibility index (Phi) is 22.3. The van der Waals surface area contributed by atoms with Gasteiger partial charge in [-0.05, 0) is 53.9 Å². The fourth-order valence-corrected chi connectivity index (χ4v) is 5.04. The van der Waals surface area contributed by atoms with Gasteiger partial charge in [0.15, 0.2) is 12.6 Å². The first-order valence-electron chi connectivity index (χ1n) is 11.3. The molecule has 176 valence electrons. The molecule has 29 heavy (non-hydrogen) atoms. The van der Waals surface area contributed by atoms with Gasteiger partial charge in [0.05, 0.1) is 12.7 Å². The van der Waals surface area contributed by atoms with Crippen LogP contribution in [0.2, 0.25) is 0 Å². The highest BCUT2D eigenvalue weighted by molar-refractivity contribution is 7.38. The lowest BCUT2D eigenvalue weighted by Crippen LogP contribution is -2.33. The fourth-order valence-electron chi connectivity index (χ4n) is 2.74. The average Bonchev–Trinajstić information content (AvgIpc) is 2.68. The highest BCUT2D eigenvalue weighted by atomic mass is 31.1. The van der Waals surface area contributed by atoms with Crippen LogP contribution in [0.1, 0.15) is 41.5 Å². The predicted octanol–water partition coefficient (Wildman–Crippen LogP) is 3.87.